The van der Waals surface area contributed by atoms with Gasteiger partial charge < -0.3 is 0 Å². The van der Waals surface area contributed by atoms with Gasteiger partial charge in [-0.2, -0.15) is 0 Å². The Kier molecular flexibility index (Phi) is 5.04. The van der Waals surface area contributed by atoms with Crippen LogP contribution in [0.1, 0.15) is 37.7 Å². The first-order chi connectivity index (χ1) is 10.3. The standard InChI is InChI=1S/C18H26N2O/c21-18-10-5-4-9-17(18)20-12-6-11-19(13-14-20)15-16-7-2-1-3-8-16/h1-3,7-8,17H,4-6,9-15H2. The highest BCUT2D eigenvalue weighted by Gasteiger charge is 2.29. The normalized spacial score (nSPS) is 25.7. The molecule has 2 fully saturated rings. The summed E-state index contributed by atoms with van der Waals surface area (Å²) in [4.78, 5) is 17.1. The number of hydrogen-bond acceptors (Lipinski definition) is 3. The Hall–Kier alpha value is -1.19. The average Bonchev–Trinajstić information content (AvgIpc) is 2.74. The van der Waals surface area contributed by atoms with Crippen LogP contribution >= 0.6 is 0 Å². The van der Waals surface area contributed by atoms with E-state index in [0.717, 1.165) is 52.0 Å². The fraction of sp³-hybridized carbons (Fsp3) is 0.611. The Bertz CT molecular complexity index is 460. The summed E-state index contributed by atoms with van der Waals surface area (Å²) >= 11 is 0. The molecular weight excluding hydrogens is 260 g/mol. The van der Waals surface area contributed by atoms with Gasteiger partial charge in [0.2, 0.25) is 0 Å². The number of Topliss-reactive ketones (excluding diaryl/α,β-unsaturated/α-hetero) is 1. The number of ketones is 1. The van der Waals surface area contributed by atoms with E-state index < -0.39 is 0 Å². The van der Waals surface area contributed by atoms with Crippen LogP contribution in [-0.2, 0) is 11.3 Å². The summed E-state index contributed by atoms with van der Waals surface area (Å²) in [6, 6.07) is 10.9. The van der Waals surface area contributed by atoms with Crippen molar-refractivity contribution >= 4 is 5.78 Å². The second kappa shape index (κ2) is 7.19. The molecule has 0 amide bonds. The Morgan fingerprint density at radius 3 is 2.62 bits per heavy atom. The highest BCUT2D eigenvalue weighted by atomic mass is 16.1. The SMILES string of the molecule is O=C1CCCCC1N1CCCN(Cc2ccccc2)CC1. The van der Waals surface area contributed by atoms with Crippen molar-refractivity contribution in [3.63, 3.8) is 0 Å². The fourth-order valence-corrected chi connectivity index (χ4v) is 3.65. The molecule has 1 saturated heterocycles. The molecule has 1 atom stereocenters. The Morgan fingerprint density at radius 1 is 0.952 bits per heavy atom. The third-order valence-corrected chi connectivity index (χ3v) is 4.84. The summed E-state index contributed by atoms with van der Waals surface area (Å²) < 4.78 is 0. The molecule has 1 aromatic rings. The summed E-state index contributed by atoms with van der Waals surface area (Å²) in [5, 5.41) is 0. The lowest BCUT2D eigenvalue weighted by molar-refractivity contribution is -0.126. The first-order valence-corrected chi connectivity index (χ1v) is 8.36. The first-order valence-electron chi connectivity index (χ1n) is 8.36. The lowest BCUT2D eigenvalue weighted by Crippen LogP contribution is -2.44. The molecule has 0 bridgehead atoms. The monoisotopic (exact) mass is 286 g/mol. The van der Waals surface area contributed by atoms with E-state index >= 15 is 0 Å². The van der Waals surface area contributed by atoms with Gasteiger partial charge in [-0.25, -0.2) is 0 Å². The van der Waals surface area contributed by atoms with Crippen LogP contribution in [0.4, 0.5) is 0 Å². The minimum absolute atomic E-state index is 0.218. The summed E-state index contributed by atoms with van der Waals surface area (Å²) in [5.74, 6) is 0.484. The Balaban J connectivity index is 1.55. The molecular formula is C18H26N2O. The molecule has 2 aliphatic rings. The summed E-state index contributed by atoms with van der Waals surface area (Å²) in [5.41, 5.74) is 1.39. The van der Waals surface area contributed by atoms with Gasteiger partial charge >= 0.3 is 0 Å². The highest BCUT2D eigenvalue weighted by Crippen LogP contribution is 2.21. The zero-order valence-electron chi connectivity index (χ0n) is 12.8. The molecule has 3 nitrogen and oxygen atoms in total. The first kappa shape index (κ1) is 14.7. The van der Waals surface area contributed by atoms with Crippen LogP contribution in [0.2, 0.25) is 0 Å². The molecule has 3 rings (SSSR count). The van der Waals surface area contributed by atoms with Gasteiger partial charge in [0.1, 0.15) is 5.78 Å². The van der Waals surface area contributed by atoms with Crippen LogP contribution in [0.3, 0.4) is 0 Å². The number of rotatable bonds is 3. The zero-order valence-corrected chi connectivity index (χ0v) is 12.8. The minimum Gasteiger partial charge on any atom is -0.298 e. The molecule has 1 unspecified atom stereocenters. The Morgan fingerprint density at radius 2 is 1.81 bits per heavy atom. The molecule has 0 aromatic heterocycles. The average molecular weight is 286 g/mol. The fourth-order valence-electron chi connectivity index (χ4n) is 3.65. The van der Waals surface area contributed by atoms with Crippen LogP contribution in [0.15, 0.2) is 30.3 Å². The van der Waals surface area contributed by atoms with Crippen molar-refractivity contribution in [1.29, 1.82) is 0 Å². The number of carbonyl (C=O) groups is 1. The third-order valence-electron chi connectivity index (χ3n) is 4.84. The largest absolute Gasteiger partial charge is 0.298 e. The van der Waals surface area contributed by atoms with E-state index in [4.69, 9.17) is 0 Å². The summed E-state index contributed by atoms with van der Waals surface area (Å²) in [6.45, 7) is 5.39. The number of benzene rings is 1. The molecule has 1 aliphatic carbocycles. The van der Waals surface area contributed by atoms with E-state index in [-0.39, 0.29) is 6.04 Å². The highest BCUT2D eigenvalue weighted by molar-refractivity contribution is 5.84. The number of carbonyl (C=O) groups excluding carboxylic acids is 1. The van der Waals surface area contributed by atoms with Gasteiger partial charge in [-0.3, -0.25) is 14.6 Å². The molecule has 1 saturated carbocycles. The van der Waals surface area contributed by atoms with Gasteiger partial charge in [0.25, 0.3) is 0 Å². The second-order valence-electron chi connectivity index (χ2n) is 6.38. The smallest absolute Gasteiger partial charge is 0.149 e. The van der Waals surface area contributed by atoms with Crippen molar-refractivity contribution in [2.24, 2.45) is 0 Å². The number of hydrogen-bond donors (Lipinski definition) is 0. The third kappa shape index (κ3) is 3.92. The topological polar surface area (TPSA) is 23.6 Å². The van der Waals surface area contributed by atoms with E-state index in [1.54, 1.807) is 0 Å². The van der Waals surface area contributed by atoms with E-state index in [2.05, 4.69) is 40.1 Å². The Labute approximate surface area is 127 Å². The summed E-state index contributed by atoms with van der Waals surface area (Å²) in [7, 11) is 0. The van der Waals surface area contributed by atoms with E-state index in [9.17, 15) is 4.79 Å². The predicted molar refractivity (Wildman–Crippen MR) is 85.2 cm³/mol. The van der Waals surface area contributed by atoms with Gasteiger partial charge in [0.05, 0.1) is 6.04 Å². The molecule has 1 heterocycles. The maximum Gasteiger partial charge on any atom is 0.149 e. The van der Waals surface area contributed by atoms with Crippen LogP contribution in [-0.4, -0.2) is 47.8 Å². The molecule has 3 heteroatoms. The zero-order chi connectivity index (χ0) is 14.5. The van der Waals surface area contributed by atoms with Crippen LogP contribution < -0.4 is 0 Å². The molecule has 1 aromatic carbocycles. The van der Waals surface area contributed by atoms with Crippen molar-refractivity contribution < 1.29 is 4.79 Å². The van der Waals surface area contributed by atoms with Crippen molar-refractivity contribution in [1.82, 2.24) is 9.80 Å². The lowest BCUT2D eigenvalue weighted by Gasteiger charge is -2.32. The van der Waals surface area contributed by atoms with Crippen LogP contribution in [0.5, 0.6) is 0 Å². The lowest BCUT2D eigenvalue weighted by atomic mass is 9.93. The summed E-state index contributed by atoms with van der Waals surface area (Å²) in [6.07, 6.45) is 5.38. The van der Waals surface area contributed by atoms with E-state index in [1.165, 1.54) is 18.4 Å². The van der Waals surface area contributed by atoms with Gasteiger partial charge in [0, 0.05) is 32.6 Å². The molecule has 0 spiro atoms. The molecule has 114 valence electrons. The molecule has 1 aliphatic heterocycles. The van der Waals surface area contributed by atoms with Gasteiger partial charge in [-0.15, -0.1) is 0 Å². The predicted octanol–water partition coefficient (Wildman–Crippen LogP) is 2.71. The van der Waals surface area contributed by atoms with Crippen molar-refractivity contribution in [3.05, 3.63) is 35.9 Å². The van der Waals surface area contributed by atoms with Gasteiger partial charge in [0.15, 0.2) is 0 Å². The van der Waals surface area contributed by atoms with Crippen LogP contribution in [0, 0.1) is 0 Å². The molecule has 21 heavy (non-hydrogen) atoms. The van der Waals surface area contributed by atoms with E-state index in [0.29, 0.717) is 5.78 Å². The number of nitrogens with zero attached hydrogens (tertiary/aromatic N) is 2. The van der Waals surface area contributed by atoms with Crippen LogP contribution in [0.25, 0.3) is 0 Å². The minimum atomic E-state index is 0.218. The maximum atomic E-state index is 12.1. The second-order valence-corrected chi connectivity index (χ2v) is 6.38. The maximum absolute atomic E-state index is 12.1. The van der Waals surface area contributed by atoms with Gasteiger partial charge in [-0.1, -0.05) is 36.8 Å². The van der Waals surface area contributed by atoms with Crippen molar-refractivity contribution in [3.8, 4) is 0 Å². The van der Waals surface area contributed by atoms with Gasteiger partial charge in [-0.05, 0) is 31.4 Å². The van der Waals surface area contributed by atoms with Crippen molar-refractivity contribution in [2.45, 2.75) is 44.7 Å². The molecule has 0 N–H and O–H groups in total. The van der Waals surface area contributed by atoms with Crippen molar-refractivity contribution in [2.75, 3.05) is 26.2 Å². The van der Waals surface area contributed by atoms with E-state index in [1.807, 2.05) is 0 Å². The molecule has 0 radical (unpaired) electrons. The quantitative estimate of drug-likeness (QED) is 0.853.